The molecule has 0 radical (unpaired) electrons. The van der Waals surface area contributed by atoms with Crippen LogP contribution in [0.4, 0.5) is 0 Å². The van der Waals surface area contributed by atoms with Crippen LogP contribution in [0.1, 0.15) is 28.9 Å². The van der Waals surface area contributed by atoms with Crippen molar-refractivity contribution in [3.63, 3.8) is 0 Å². The van der Waals surface area contributed by atoms with E-state index < -0.39 is 6.04 Å². The van der Waals surface area contributed by atoms with E-state index in [1.165, 1.54) is 6.20 Å². The molecule has 6 heteroatoms. The standard InChI is InChI=1S/C13H16ClN3O2/c1-8-6-10(14)9(7-16-8)13(19)17-5-3-4-11(17)12(18)15-2/h6-7,11H,3-5H2,1-2H3,(H,15,18). The monoisotopic (exact) mass is 281 g/mol. The number of rotatable bonds is 2. The van der Waals surface area contributed by atoms with E-state index in [2.05, 4.69) is 10.3 Å². The zero-order valence-corrected chi connectivity index (χ0v) is 11.7. The van der Waals surface area contributed by atoms with Gasteiger partial charge in [-0.05, 0) is 25.8 Å². The third-order valence-corrected chi connectivity index (χ3v) is 3.60. The number of halogens is 1. The molecule has 5 nitrogen and oxygen atoms in total. The van der Waals surface area contributed by atoms with E-state index in [9.17, 15) is 9.59 Å². The molecule has 1 aliphatic rings. The Morgan fingerprint density at radius 1 is 1.53 bits per heavy atom. The SMILES string of the molecule is CNC(=O)C1CCCN1C(=O)c1cnc(C)cc1Cl. The third kappa shape index (κ3) is 2.71. The molecule has 1 saturated heterocycles. The maximum Gasteiger partial charge on any atom is 0.257 e. The molecule has 2 amide bonds. The van der Waals surface area contributed by atoms with Gasteiger partial charge in [0.2, 0.25) is 5.91 Å². The highest BCUT2D eigenvalue weighted by atomic mass is 35.5. The average Bonchev–Trinajstić information content (AvgIpc) is 2.86. The van der Waals surface area contributed by atoms with Crippen molar-refractivity contribution in [3.8, 4) is 0 Å². The average molecular weight is 282 g/mol. The molecular formula is C13H16ClN3O2. The van der Waals surface area contributed by atoms with E-state index >= 15 is 0 Å². The molecular weight excluding hydrogens is 266 g/mol. The van der Waals surface area contributed by atoms with Gasteiger partial charge in [0.15, 0.2) is 0 Å². The summed E-state index contributed by atoms with van der Waals surface area (Å²) in [7, 11) is 1.57. The number of likely N-dealkylation sites (N-methyl/N-ethyl adjacent to an activating group) is 1. The second-order valence-corrected chi connectivity index (χ2v) is 4.98. The van der Waals surface area contributed by atoms with Gasteiger partial charge in [-0.15, -0.1) is 0 Å². The van der Waals surface area contributed by atoms with Crippen LogP contribution in [0.2, 0.25) is 5.02 Å². The molecule has 1 unspecified atom stereocenters. The van der Waals surface area contributed by atoms with Crippen LogP contribution in [0.15, 0.2) is 12.3 Å². The van der Waals surface area contributed by atoms with Crippen molar-refractivity contribution in [2.24, 2.45) is 0 Å². The first kappa shape index (κ1) is 13.8. The number of nitrogens with one attached hydrogen (secondary N) is 1. The molecule has 1 atom stereocenters. The maximum atomic E-state index is 12.4. The molecule has 102 valence electrons. The van der Waals surface area contributed by atoms with Gasteiger partial charge in [0.05, 0.1) is 10.6 Å². The Morgan fingerprint density at radius 3 is 2.89 bits per heavy atom. The Bertz CT molecular complexity index is 519. The molecule has 2 rings (SSSR count). The number of carbonyl (C=O) groups is 2. The predicted octanol–water partition coefficient (Wildman–Crippen LogP) is 1.39. The van der Waals surface area contributed by atoms with Crippen molar-refractivity contribution in [2.75, 3.05) is 13.6 Å². The van der Waals surface area contributed by atoms with Gasteiger partial charge in [0.1, 0.15) is 6.04 Å². The summed E-state index contributed by atoms with van der Waals surface area (Å²) in [5, 5.41) is 2.96. The number of amides is 2. The second-order valence-electron chi connectivity index (χ2n) is 4.58. The number of pyridine rings is 1. The largest absolute Gasteiger partial charge is 0.357 e. The molecule has 1 N–H and O–H groups in total. The Morgan fingerprint density at radius 2 is 2.26 bits per heavy atom. The van der Waals surface area contributed by atoms with E-state index in [0.717, 1.165) is 12.1 Å². The van der Waals surface area contributed by atoms with Gasteiger partial charge in [0.25, 0.3) is 5.91 Å². The molecule has 1 fully saturated rings. The Hall–Kier alpha value is -1.62. The molecule has 0 bridgehead atoms. The van der Waals surface area contributed by atoms with Crippen LogP contribution in [0.5, 0.6) is 0 Å². The lowest BCUT2D eigenvalue weighted by Crippen LogP contribution is -2.45. The van der Waals surface area contributed by atoms with Crippen LogP contribution >= 0.6 is 11.6 Å². The van der Waals surface area contributed by atoms with E-state index in [-0.39, 0.29) is 11.8 Å². The van der Waals surface area contributed by atoms with E-state index in [1.807, 2.05) is 6.92 Å². The fourth-order valence-corrected chi connectivity index (χ4v) is 2.58. The lowest BCUT2D eigenvalue weighted by atomic mass is 10.2. The summed E-state index contributed by atoms with van der Waals surface area (Å²) < 4.78 is 0. The molecule has 1 aromatic heterocycles. The van der Waals surface area contributed by atoms with E-state index in [0.29, 0.717) is 23.6 Å². The molecule has 1 aromatic rings. The minimum Gasteiger partial charge on any atom is -0.357 e. The number of aryl methyl sites for hydroxylation is 1. The highest BCUT2D eigenvalue weighted by molar-refractivity contribution is 6.33. The quantitative estimate of drug-likeness (QED) is 0.891. The zero-order chi connectivity index (χ0) is 14.0. The summed E-state index contributed by atoms with van der Waals surface area (Å²) in [4.78, 5) is 29.8. The number of hydrogen-bond acceptors (Lipinski definition) is 3. The Labute approximate surface area is 117 Å². The summed E-state index contributed by atoms with van der Waals surface area (Å²) in [5.74, 6) is -0.370. The fourth-order valence-electron chi connectivity index (χ4n) is 2.29. The summed E-state index contributed by atoms with van der Waals surface area (Å²) in [6.45, 7) is 2.38. The molecule has 0 saturated carbocycles. The first-order valence-electron chi connectivity index (χ1n) is 6.19. The van der Waals surface area contributed by atoms with E-state index in [4.69, 9.17) is 11.6 Å². The number of aromatic nitrogens is 1. The second kappa shape index (κ2) is 5.57. The van der Waals surface area contributed by atoms with Gasteiger partial charge in [0, 0.05) is 25.5 Å². The number of hydrogen-bond donors (Lipinski definition) is 1. The normalized spacial score (nSPS) is 18.5. The lowest BCUT2D eigenvalue weighted by molar-refractivity contribution is -0.124. The molecule has 19 heavy (non-hydrogen) atoms. The third-order valence-electron chi connectivity index (χ3n) is 3.28. The van der Waals surface area contributed by atoms with Crippen molar-refractivity contribution < 1.29 is 9.59 Å². The number of carbonyl (C=O) groups excluding carboxylic acids is 2. The van der Waals surface area contributed by atoms with Gasteiger partial charge >= 0.3 is 0 Å². The molecule has 0 spiro atoms. The summed E-state index contributed by atoms with van der Waals surface area (Å²) in [6, 6.07) is 1.25. The summed E-state index contributed by atoms with van der Waals surface area (Å²) >= 11 is 6.08. The molecule has 0 aromatic carbocycles. The topological polar surface area (TPSA) is 62.3 Å². The minimum atomic E-state index is -0.408. The van der Waals surface area contributed by atoms with Crippen LogP contribution in [0, 0.1) is 6.92 Å². The van der Waals surface area contributed by atoms with Gasteiger partial charge in [-0.2, -0.15) is 0 Å². The van der Waals surface area contributed by atoms with Gasteiger partial charge in [-0.25, -0.2) is 0 Å². The highest BCUT2D eigenvalue weighted by Gasteiger charge is 2.34. The van der Waals surface area contributed by atoms with Crippen LogP contribution in [-0.4, -0.2) is 41.3 Å². The number of likely N-dealkylation sites (tertiary alicyclic amines) is 1. The van der Waals surface area contributed by atoms with Crippen LogP contribution in [0.3, 0.4) is 0 Å². The number of nitrogens with zero attached hydrogens (tertiary/aromatic N) is 2. The van der Waals surface area contributed by atoms with Crippen LogP contribution in [0.25, 0.3) is 0 Å². The van der Waals surface area contributed by atoms with Crippen molar-refractivity contribution >= 4 is 23.4 Å². The predicted molar refractivity (Wildman–Crippen MR) is 72.1 cm³/mol. The first-order chi connectivity index (χ1) is 9.04. The molecule has 1 aliphatic heterocycles. The van der Waals surface area contributed by atoms with Gasteiger partial charge in [-0.3, -0.25) is 14.6 Å². The minimum absolute atomic E-state index is 0.137. The highest BCUT2D eigenvalue weighted by Crippen LogP contribution is 2.23. The zero-order valence-electron chi connectivity index (χ0n) is 10.9. The Balaban J connectivity index is 2.25. The smallest absolute Gasteiger partial charge is 0.257 e. The van der Waals surface area contributed by atoms with Crippen molar-refractivity contribution in [2.45, 2.75) is 25.8 Å². The van der Waals surface area contributed by atoms with Crippen molar-refractivity contribution in [3.05, 3.63) is 28.5 Å². The summed E-state index contributed by atoms with van der Waals surface area (Å²) in [5.41, 5.74) is 1.11. The van der Waals surface area contributed by atoms with Gasteiger partial charge in [-0.1, -0.05) is 11.6 Å². The van der Waals surface area contributed by atoms with Gasteiger partial charge < -0.3 is 10.2 Å². The Kier molecular flexibility index (Phi) is 4.04. The van der Waals surface area contributed by atoms with Crippen molar-refractivity contribution in [1.82, 2.24) is 15.2 Å². The fraction of sp³-hybridized carbons (Fsp3) is 0.462. The van der Waals surface area contributed by atoms with E-state index in [1.54, 1.807) is 18.0 Å². The lowest BCUT2D eigenvalue weighted by Gasteiger charge is -2.23. The van der Waals surface area contributed by atoms with Crippen molar-refractivity contribution in [1.29, 1.82) is 0 Å². The summed E-state index contributed by atoms with van der Waals surface area (Å²) in [6.07, 6.45) is 2.97. The maximum absolute atomic E-state index is 12.4. The van der Waals surface area contributed by atoms with Crippen LogP contribution < -0.4 is 5.32 Å². The molecule has 2 heterocycles. The van der Waals surface area contributed by atoms with Crippen LogP contribution in [-0.2, 0) is 4.79 Å². The first-order valence-corrected chi connectivity index (χ1v) is 6.57. The molecule has 0 aliphatic carbocycles.